The Morgan fingerprint density at radius 2 is 2.17 bits per heavy atom. The lowest BCUT2D eigenvalue weighted by Crippen LogP contribution is -2.24. The van der Waals surface area contributed by atoms with Gasteiger partial charge in [0.15, 0.2) is 10.3 Å². The molecule has 0 aliphatic carbocycles. The molecule has 2 heterocycles. The van der Waals surface area contributed by atoms with Gasteiger partial charge in [-0.3, -0.25) is 9.69 Å². The summed E-state index contributed by atoms with van der Waals surface area (Å²) in [6.07, 6.45) is 1.69. The molecular formula is C19H22ClN5O2S2. The highest BCUT2D eigenvalue weighted by molar-refractivity contribution is 7.98. The van der Waals surface area contributed by atoms with Crippen LogP contribution >= 0.6 is 34.7 Å². The number of benzene rings is 1. The van der Waals surface area contributed by atoms with Crippen molar-refractivity contribution in [2.45, 2.75) is 38.2 Å². The van der Waals surface area contributed by atoms with Crippen molar-refractivity contribution in [3.8, 4) is 0 Å². The first-order chi connectivity index (χ1) is 13.9. The maximum absolute atomic E-state index is 12.4. The number of hydrogen-bond acceptors (Lipinski definition) is 7. The average Bonchev–Trinajstić information content (AvgIpc) is 3.29. The van der Waals surface area contributed by atoms with Gasteiger partial charge in [-0.05, 0) is 31.0 Å². The fraction of sp³-hybridized carbons (Fsp3) is 0.368. The van der Waals surface area contributed by atoms with Crippen LogP contribution in [-0.4, -0.2) is 39.4 Å². The molecule has 1 amide bonds. The van der Waals surface area contributed by atoms with Gasteiger partial charge < -0.3 is 9.30 Å². The van der Waals surface area contributed by atoms with Gasteiger partial charge in [0.05, 0.1) is 23.0 Å². The highest BCUT2D eigenvalue weighted by Crippen LogP contribution is 2.38. The Morgan fingerprint density at radius 1 is 1.38 bits per heavy atom. The van der Waals surface area contributed by atoms with Gasteiger partial charge in [0.25, 0.3) is 0 Å². The Bertz CT molecular complexity index is 981. The first kappa shape index (κ1) is 21.8. The molecule has 154 valence electrons. The largest absolute Gasteiger partial charge is 0.383 e. The molecule has 0 spiro atoms. The SMILES string of the molecule is COCCn1cnnc1SCc1csc(N(C(C)=O)c2c(C)cc(C)cc2Cl)n1. The molecule has 2 aromatic heterocycles. The second kappa shape index (κ2) is 9.71. The monoisotopic (exact) mass is 451 g/mol. The third-order valence-electron chi connectivity index (χ3n) is 4.13. The summed E-state index contributed by atoms with van der Waals surface area (Å²) in [5.74, 6) is 0.487. The molecule has 0 atom stereocenters. The van der Waals surface area contributed by atoms with E-state index in [0.29, 0.717) is 34.7 Å². The van der Waals surface area contributed by atoms with Crippen molar-refractivity contribution >= 4 is 51.4 Å². The molecular weight excluding hydrogens is 430 g/mol. The summed E-state index contributed by atoms with van der Waals surface area (Å²) in [6.45, 7) is 6.73. The van der Waals surface area contributed by atoms with Crippen LogP contribution in [0.3, 0.4) is 0 Å². The van der Waals surface area contributed by atoms with E-state index < -0.39 is 0 Å². The average molecular weight is 452 g/mol. The van der Waals surface area contributed by atoms with E-state index in [9.17, 15) is 4.79 Å². The molecule has 0 aliphatic heterocycles. The van der Waals surface area contributed by atoms with E-state index in [2.05, 4.69) is 15.2 Å². The Balaban J connectivity index is 1.79. The van der Waals surface area contributed by atoms with Crippen LogP contribution in [-0.2, 0) is 21.8 Å². The van der Waals surface area contributed by atoms with Crippen molar-refractivity contribution in [3.05, 3.63) is 45.7 Å². The lowest BCUT2D eigenvalue weighted by atomic mass is 10.1. The second-order valence-corrected chi connectivity index (χ2v) is 8.66. The van der Waals surface area contributed by atoms with E-state index in [1.165, 1.54) is 18.3 Å². The van der Waals surface area contributed by atoms with Gasteiger partial charge in [-0.15, -0.1) is 21.5 Å². The van der Waals surface area contributed by atoms with Crippen LogP contribution in [0.25, 0.3) is 0 Å². The number of anilines is 2. The number of nitrogens with zero attached hydrogens (tertiary/aromatic N) is 5. The van der Waals surface area contributed by atoms with Crippen molar-refractivity contribution in [1.29, 1.82) is 0 Å². The Morgan fingerprint density at radius 3 is 2.86 bits per heavy atom. The lowest BCUT2D eigenvalue weighted by molar-refractivity contribution is -0.115. The van der Waals surface area contributed by atoms with Gasteiger partial charge >= 0.3 is 0 Å². The van der Waals surface area contributed by atoms with Gasteiger partial charge in [0.2, 0.25) is 5.91 Å². The first-order valence-corrected chi connectivity index (χ1v) is 11.2. The summed E-state index contributed by atoms with van der Waals surface area (Å²) in [7, 11) is 1.66. The van der Waals surface area contributed by atoms with Crippen LogP contribution in [0.4, 0.5) is 10.8 Å². The number of halogens is 1. The maximum Gasteiger partial charge on any atom is 0.230 e. The third-order valence-corrected chi connectivity index (χ3v) is 6.31. The summed E-state index contributed by atoms with van der Waals surface area (Å²) in [5.41, 5.74) is 3.53. The molecule has 3 rings (SSSR count). The number of hydrogen-bond donors (Lipinski definition) is 0. The fourth-order valence-electron chi connectivity index (χ4n) is 2.88. The molecule has 0 fully saturated rings. The van der Waals surface area contributed by atoms with Crippen molar-refractivity contribution in [2.75, 3.05) is 18.6 Å². The smallest absolute Gasteiger partial charge is 0.230 e. The number of aromatic nitrogens is 4. The van der Waals surface area contributed by atoms with Gasteiger partial charge in [-0.2, -0.15) is 0 Å². The normalized spacial score (nSPS) is 11.1. The summed E-state index contributed by atoms with van der Waals surface area (Å²) in [5, 5.41) is 12.0. The molecule has 0 radical (unpaired) electrons. The van der Waals surface area contributed by atoms with E-state index in [0.717, 1.165) is 22.0 Å². The molecule has 0 bridgehead atoms. The maximum atomic E-state index is 12.4. The molecule has 0 aliphatic rings. The van der Waals surface area contributed by atoms with E-state index in [4.69, 9.17) is 16.3 Å². The minimum Gasteiger partial charge on any atom is -0.383 e. The Hall–Kier alpha value is -1.94. The summed E-state index contributed by atoms with van der Waals surface area (Å²) < 4.78 is 7.05. The summed E-state index contributed by atoms with van der Waals surface area (Å²) >= 11 is 9.43. The van der Waals surface area contributed by atoms with Crippen molar-refractivity contribution in [3.63, 3.8) is 0 Å². The fourth-order valence-corrected chi connectivity index (χ4v) is 5.10. The molecule has 29 heavy (non-hydrogen) atoms. The van der Waals surface area contributed by atoms with E-state index in [1.807, 2.05) is 35.9 Å². The van der Waals surface area contributed by atoms with Crippen LogP contribution in [0.5, 0.6) is 0 Å². The molecule has 0 saturated carbocycles. The Labute approximate surface area is 183 Å². The van der Waals surface area contributed by atoms with Crippen molar-refractivity contribution in [2.24, 2.45) is 0 Å². The highest BCUT2D eigenvalue weighted by Gasteiger charge is 2.22. The van der Waals surface area contributed by atoms with Gasteiger partial charge in [0, 0.05) is 31.7 Å². The van der Waals surface area contributed by atoms with E-state index >= 15 is 0 Å². The van der Waals surface area contributed by atoms with Crippen LogP contribution < -0.4 is 4.90 Å². The number of amides is 1. The molecule has 0 saturated heterocycles. The van der Waals surface area contributed by atoms with Gasteiger partial charge in [-0.1, -0.05) is 29.4 Å². The number of aryl methyl sites for hydroxylation is 2. The number of methoxy groups -OCH3 is 1. The number of ether oxygens (including phenoxy) is 1. The molecule has 3 aromatic rings. The molecule has 7 nitrogen and oxygen atoms in total. The quantitative estimate of drug-likeness (QED) is 0.465. The first-order valence-electron chi connectivity index (χ1n) is 8.92. The lowest BCUT2D eigenvalue weighted by Gasteiger charge is -2.22. The Kier molecular flexibility index (Phi) is 7.28. The van der Waals surface area contributed by atoms with Gasteiger partial charge in [0.1, 0.15) is 6.33 Å². The second-order valence-electron chi connectivity index (χ2n) is 6.48. The zero-order chi connectivity index (χ0) is 21.0. The van der Waals surface area contributed by atoms with E-state index in [-0.39, 0.29) is 5.91 Å². The highest BCUT2D eigenvalue weighted by atomic mass is 35.5. The van der Waals surface area contributed by atoms with E-state index in [1.54, 1.807) is 30.1 Å². The van der Waals surface area contributed by atoms with Crippen LogP contribution in [0, 0.1) is 13.8 Å². The van der Waals surface area contributed by atoms with Crippen LogP contribution in [0.15, 0.2) is 29.0 Å². The molecule has 10 heteroatoms. The molecule has 0 unspecified atom stereocenters. The topological polar surface area (TPSA) is 73.1 Å². The van der Waals surface area contributed by atoms with Crippen LogP contribution in [0.1, 0.15) is 23.7 Å². The molecule has 1 aromatic carbocycles. The third kappa shape index (κ3) is 5.16. The standard InChI is InChI=1S/C19H22ClN5O2S2/c1-12-7-13(2)17(16(20)8-12)25(14(3)26)18-22-15(9-28-18)10-29-19-23-21-11-24(19)5-6-27-4/h7-9,11H,5-6,10H2,1-4H3. The minimum absolute atomic E-state index is 0.133. The number of thioether (sulfide) groups is 1. The molecule has 0 N–H and O–H groups in total. The minimum atomic E-state index is -0.133. The zero-order valence-corrected chi connectivity index (χ0v) is 19.1. The summed E-state index contributed by atoms with van der Waals surface area (Å²) in [6, 6.07) is 3.87. The zero-order valence-electron chi connectivity index (χ0n) is 16.7. The summed E-state index contributed by atoms with van der Waals surface area (Å²) in [4.78, 5) is 18.7. The van der Waals surface area contributed by atoms with Gasteiger partial charge in [-0.25, -0.2) is 4.98 Å². The van der Waals surface area contributed by atoms with Crippen LogP contribution in [0.2, 0.25) is 5.02 Å². The predicted octanol–water partition coefficient (Wildman–Crippen LogP) is 4.63. The van der Waals surface area contributed by atoms with Crippen molar-refractivity contribution in [1.82, 2.24) is 19.7 Å². The predicted molar refractivity (Wildman–Crippen MR) is 117 cm³/mol. The number of carbonyl (C=O) groups excluding carboxylic acids is 1. The number of thiazole rings is 1. The number of rotatable bonds is 8. The van der Waals surface area contributed by atoms with Crippen molar-refractivity contribution < 1.29 is 9.53 Å². The number of carbonyl (C=O) groups is 1.